The zero-order chi connectivity index (χ0) is 18.9. The number of halogens is 3. The SMILES string of the molecule is CNC(=O)c1ccnc2c1c(CN)nn2-c1ccc(OC(F)(F)F)cc1. The zero-order valence-electron chi connectivity index (χ0n) is 13.5. The van der Waals surface area contributed by atoms with Gasteiger partial charge in [0.05, 0.1) is 22.3 Å². The topological polar surface area (TPSA) is 95.1 Å². The summed E-state index contributed by atoms with van der Waals surface area (Å²) in [6, 6.07) is 6.69. The lowest BCUT2D eigenvalue weighted by Crippen LogP contribution is -2.18. The number of nitrogens with two attached hydrogens (primary N) is 1. The van der Waals surface area contributed by atoms with Gasteiger partial charge < -0.3 is 15.8 Å². The van der Waals surface area contributed by atoms with Crippen LogP contribution in [0.2, 0.25) is 0 Å². The molecule has 0 spiro atoms. The van der Waals surface area contributed by atoms with Gasteiger partial charge in [0.15, 0.2) is 5.65 Å². The molecule has 1 amide bonds. The zero-order valence-corrected chi connectivity index (χ0v) is 13.5. The van der Waals surface area contributed by atoms with Gasteiger partial charge in [0, 0.05) is 19.8 Å². The van der Waals surface area contributed by atoms with Gasteiger partial charge in [-0.3, -0.25) is 4.79 Å². The molecule has 0 aliphatic heterocycles. The number of nitrogens with zero attached hydrogens (tertiary/aromatic N) is 3. The van der Waals surface area contributed by atoms with E-state index >= 15 is 0 Å². The highest BCUT2D eigenvalue weighted by Crippen LogP contribution is 2.27. The minimum atomic E-state index is -4.77. The molecule has 0 radical (unpaired) electrons. The van der Waals surface area contributed by atoms with Crippen LogP contribution in [0.25, 0.3) is 16.7 Å². The molecule has 0 aliphatic carbocycles. The Morgan fingerprint density at radius 3 is 2.54 bits per heavy atom. The van der Waals surface area contributed by atoms with Crippen LogP contribution in [-0.2, 0) is 6.54 Å². The quantitative estimate of drug-likeness (QED) is 0.739. The lowest BCUT2D eigenvalue weighted by Gasteiger charge is -2.09. The molecule has 2 heterocycles. The molecule has 1 aromatic carbocycles. The predicted molar refractivity (Wildman–Crippen MR) is 86.8 cm³/mol. The van der Waals surface area contributed by atoms with Gasteiger partial charge in [0.2, 0.25) is 0 Å². The summed E-state index contributed by atoms with van der Waals surface area (Å²) in [5.74, 6) is -0.670. The molecule has 136 valence electrons. The highest BCUT2D eigenvalue weighted by atomic mass is 19.4. The number of nitrogens with one attached hydrogen (secondary N) is 1. The van der Waals surface area contributed by atoms with E-state index in [1.807, 2.05) is 0 Å². The maximum Gasteiger partial charge on any atom is 0.573 e. The first-order valence-electron chi connectivity index (χ1n) is 7.49. The number of fused-ring (bicyclic) bond motifs is 1. The van der Waals surface area contributed by atoms with Crippen molar-refractivity contribution in [2.24, 2.45) is 5.73 Å². The number of amides is 1. The van der Waals surface area contributed by atoms with E-state index < -0.39 is 6.36 Å². The van der Waals surface area contributed by atoms with Crippen LogP contribution in [0.3, 0.4) is 0 Å². The summed E-state index contributed by atoms with van der Waals surface area (Å²) in [5, 5.41) is 7.37. The van der Waals surface area contributed by atoms with Crippen LogP contribution < -0.4 is 15.8 Å². The number of aromatic nitrogens is 3. The summed E-state index contributed by atoms with van der Waals surface area (Å²) >= 11 is 0. The molecule has 0 atom stereocenters. The van der Waals surface area contributed by atoms with E-state index in [4.69, 9.17) is 5.73 Å². The molecule has 0 saturated heterocycles. The lowest BCUT2D eigenvalue weighted by molar-refractivity contribution is -0.274. The second-order valence-corrected chi connectivity index (χ2v) is 5.24. The number of rotatable bonds is 4. The van der Waals surface area contributed by atoms with E-state index in [1.54, 1.807) is 6.07 Å². The third-order valence-corrected chi connectivity index (χ3v) is 3.62. The molecular formula is C16H14F3N5O2. The first kappa shape index (κ1) is 17.7. The summed E-state index contributed by atoms with van der Waals surface area (Å²) in [4.78, 5) is 16.3. The first-order chi connectivity index (χ1) is 12.3. The largest absolute Gasteiger partial charge is 0.573 e. The maximum absolute atomic E-state index is 12.3. The maximum atomic E-state index is 12.3. The van der Waals surface area contributed by atoms with Crippen molar-refractivity contribution >= 4 is 16.9 Å². The summed E-state index contributed by atoms with van der Waals surface area (Å²) in [6.07, 6.45) is -3.32. The molecule has 3 aromatic rings. The average Bonchev–Trinajstić information content (AvgIpc) is 2.99. The van der Waals surface area contributed by atoms with Crippen molar-refractivity contribution < 1.29 is 22.7 Å². The lowest BCUT2D eigenvalue weighted by atomic mass is 10.1. The van der Waals surface area contributed by atoms with Gasteiger partial charge in [-0.1, -0.05) is 0 Å². The first-order valence-corrected chi connectivity index (χ1v) is 7.49. The normalized spacial score (nSPS) is 11.6. The van der Waals surface area contributed by atoms with Gasteiger partial charge in [-0.05, 0) is 30.3 Å². The Morgan fingerprint density at radius 2 is 1.96 bits per heavy atom. The third kappa shape index (κ3) is 3.31. The Balaban J connectivity index is 2.10. The molecule has 0 unspecified atom stereocenters. The summed E-state index contributed by atoms with van der Waals surface area (Å²) in [5.41, 5.74) is 7.36. The van der Waals surface area contributed by atoms with Crippen molar-refractivity contribution in [1.82, 2.24) is 20.1 Å². The smallest absolute Gasteiger partial charge is 0.406 e. The van der Waals surface area contributed by atoms with Crippen LogP contribution in [-0.4, -0.2) is 34.1 Å². The van der Waals surface area contributed by atoms with Gasteiger partial charge in [-0.25, -0.2) is 9.67 Å². The van der Waals surface area contributed by atoms with E-state index in [0.29, 0.717) is 28.0 Å². The molecule has 26 heavy (non-hydrogen) atoms. The van der Waals surface area contributed by atoms with E-state index in [0.717, 1.165) is 0 Å². The number of pyridine rings is 1. The van der Waals surface area contributed by atoms with Crippen LogP contribution in [0.1, 0.15) is 16.1 Å². The van der Waals surface area contributed by atoms with Crippen molar-refractivity contribution in [3.05, 3.63) is 47.8 Å². The third-order valence-electron chi connectivity index (χ3n) is 3.62. The van der Waals surface area contributed by atoms with Crippen molar-refractivity contribution in [2.45, 2.75) is 12.9 Å². The van der Waals surface area contributed by atoms with Crippen molar-refractivity contribution in [1.29, 1.82) is 0 Å². The summed E-state index contributed by atoms with van der Waals surface area (Å²) in [6.45, 7) is 0.0639. The van der Waals surface area contributed by atoms with Gasteiger partial charge in [-0.2, -0.15) is 5.10 Å². The standard InChI is InChI=1S/C16H14F3N5O2/c1-21-15(25)11-6-7-22-14-13(11)12(8-20)23-24(14)9-2-4-10(5-3-9)26-16(17,18)19/h2-7H,8,20H2,1H3,(H,21,25). The summed E-state index contributed by atoms with van der Waals surface area (Å²) < 4.78 is 42.1. The summed E-state index contributed by atoms with van der Waals surface area (Å²) in [7, 11) is 1.50. The molecule has 3 N–H and O–H groups in total. The molecular weight excluding hydrogens is 351 g/mol. The average molecular weight is 365 g/mol. The molecule has 10 heteroatoms. The fraction of sp³-hybridized carbons (Fsp3) is 0.188. The Kier molecular flexibility index (Phi) is 4.51. The van der Waals surface area contributed by atoms with E-state index in [-0.39, 0.29) is 18.2 Å². The second-order valence-electron chi connectivity index (χ2n) is 5.24. The van der Waals surface area contributed by atoms with Crippen LogP contribution in [0.15, 0.2) is 36.5 Å². The number of hydrogen-bond donors (Lipinski definition) is 2. The molecule has 7 nitrogen and oxygen atoms in total. The van der Waals surface area contributed by atoms with Crippen LogP contribution in [0, 0.1) is 0 Å². The molecule has 0 aliphatic rings. The number of hydrogen-bond acceptors (Lipinski definition) is 5. The van der Waals surface area contributed by atoms with Crippen molar-refractivity contribution in [3.63, 3.8) is 0 Å². The van der Waals surface area contributed by atoms with E-state index in [2.05, 4.69) is 20.1 Å². The molecule has 3 rings (SSSR count). The second kappa shape index (κ2) is 6.64. The van der Waals surface area contributed by atoms with Gasteiger partial charge in [-0.15, -0.1) is 13.2 Å². The predicted octanol–water partition coefficient (Wildman–Crippen LogP) is 2.14. The van der Waals surface area contributed by atoms with Crippen molar-refractivity contribution in [3.8, 4) is 11.4 Å². The minimum Gasteiger partial charge on any atom is -0.406 e. The number of carbonyl (C=O) groups excluding carboxylic acids is 1. The van der Waals surface area contributed by atoms with Gasteiger partial charge in [0.1, 0.15) is 5.75 Å². The Hall–Kier alpha value is -3.14. The minimum absolute atomic E-state index is 0.0639. The number of alkyl halides is 3. The molecule has 2 aromatic heterocycles. The van der Waals surface area contributed by atoms with Crippen molar-refractivity contribution in [2.75, 3.05) is 7.05 Å². The number of carbonyl (C=O) groups is 1. The number of benzene rings is 1. The highest BCUT2D eigenvalue weighted by molar-refractivity contribution is 6.06. The Labute approximate surface area is 145 Å². The molecule has 0 saturated carbocycles. The van der Waals surface area contributed by atoms with Crippen LogP contribution in [0.4, 0.5) is 13.2 Å². The molecule has 0 fully saturated rings. The monoisotopic (exact) mass is 365 g/mol. The molecule has 0 bridgehead atoms. The van der Waals surface area contributed by atoms with Gasteiger partial charge in [0.25, 0.3) is 5.91 Å². The van der Waals surface area contributed by atoms with Crippen LogP contribution >= 0.6 is 0 Å². The van der Waals surface area contributed by atoms with Gasteiger partial charge >= 0.3 is 6.36 Å². The highest BCUT2D eigenvalue weighted by Gasteiger charge is 2.31. The van der Waals surface area contributed by atoms with E-state index in [1.165, 1.54) is 42.2 Å². The van der Waals surface area contributed by atoms with Crippen LogP contribution in [0.5, 0.6) is 5.75 Å². The van der Waals surface area contributed by atoms with E-state index in [9.17, 15) is 18.0 Å². The fourth-order valence-electron chi connectivity index (χ4n) is 2.55. The number of ether oxygens (including phenoxy) is 1. The Morgan fingerprint density at radius 1 is 1.27 bits per heavy atom. The fourth-order valence-corrected chi connectivity index (χ4v) is 2.55. The Bertz CT molecular complexity index is 951.